The second-order valence-corrected chi connectivity index (χ2v) is 10.8. The topological polar surface area (TPSA) is 140 Å². The van der Waals surface area contributed by atoms with Gasteiger partial charge in [0.05, 0.1) is 31.8 Å². The number of nitrogens with one attached hydrogen (secondary N) is 3. The minimum absolute atomic E-state index is 0.0280. The van der Waals surface area contributed by atoms with Gasteiger partial charge in [0.15, 0.2) is 0 Å². The van der Waals surface area contributed by atoms with Crippen molar-refractivity contribution < 1.29 is 29.0 Å². The molecule has 3 rings (SSSR count). The summed E-state index contributed by atoms with van der Waals surface area (Å²) in [7, 11) is 0. The Bertz CT molecular complexity index is 1120. The predicted molar refractivity (Wildman–Crippen MR) is 152 cm³/mol. The van der Waals surface area contributed by atoms with Crippen molar-refractivity contribution in [3.05, 3.63) is 71.8 Å². The molecule has 1 aliphatic rings. The lowest BCUT2D eigenvalue weighted by Crippen LogP contribution is -2.58. The van der Waals surface area contributed by atoms with E-state index in [9.17, 15) is 24.3 Å². The molecule has 3 atom stereocenters. The zero-order valence-electron chi connectivity index (χ0n) is 23.8. The van der Waals surface area contributed by atoms with Crippen LogP contribution in [-0.2, 0) is 36.8 Å². The van der Waals surface area contributed by atoms with Gasteiger partial charge < -0.3 is 30.6 Å². The zero-order valence-corrected chi connectivity index (χ0v) is 23.8. The van der Waals surface area contributed by atoms with E-state index in [1.54, 1.807) is 24.3 Å². The molecule has 0 aliphatic carbocycles. The summed E-state index contributed by atoms with van der Waals surface area (Å²) in [5, 5.41) is 20.0. The number of morpholine rings is 1. The maximum Gasteiger partial charge on any atom is 0.243 e. The Labute approximate surface area is 241 Å². The fourth-order valence-corrected chi connectivity index (χ4v) is 4.72. The van der Waals surface area contributed by atoms with Crippen LogP contribution in [-0.4, -0.2) is 79.6 Å². The summed E-state index contributed by atoms with van der Waals surface area (Å²) in [5.41, 5.74) is 1.75. The summed E-state index contributed by atoms with van der Waals surface area (Å²) in [4.78, 5) is 53.5. The Balaban J connectivity index is 1.70. The van der Waals surface area contributed by atoms with E-state index in [1.807, 2.05) is 55.1 Å². The van der Waals surface area contributed by atoms with Gasteiger partial charge in [-0.15, -0.1) is 0 Å². The summed E-state index contributed by atoms with van der Waals surface area (Å²) in [6, 6.07) is 15.4. The molecule has 222 valence electrons. The van der Waals surface area contributed by atoms with Crippen LogP contribution < -0.4 is 21.1 Å². The number of aliphatic carboxylic acids is 1. The molecule has 0 saturated carbocycles. The molecule has 0 aromatic heterocycles. The molecule has 3 N–H and O–H groups in total. The van der Waals surface area contributed by atoms with Crippen molar-refractivity contribution in [3.63, 3.8) is 0 Å². The fraction of sp³-hybridized carbons (Fsp3) is 0.484. The Morgan fingerprint density at radius 1 is 0.805 bits per heavy atom. The molecule has 10 heteroatoms. The van der Waals surface area contributed by atoms with Crippen LogP contribution in [0.25, 0.3) is 0 Å². The lowest BCUT2D eigenvalue weighted by molar-refractivity contribution is -0.308. The molecular weight excluding hydrogens is 524 g/mol. The van der Waals surface area contributed by atoms with Crippen LogP contribution >= 0.6 is 0 Å². The van der Waals surface area contributed by atoms with E-state index in [-0.39, 0.29) is 31.2 Å². The number of ether oxygens (including phenoxy) is 1. The first kappa shape index (κ1) is 31.8. The lowest BCUT2D eigenvalue weighted by atomic mass is 10.00. The van der Waals surface area contributed by atoms with Gasteiger partial charge in [0.2, 0.25) is 17.7 Å². The first-order valence-corrected chi connectivity index (χ1v) is 14.2. The fourth-order valence-electron chi connectivity index (χ4n) is 4.72. The quantitative estimate of drug-likeness (QED) is 0.285. The van der Waals surface area contributed by atoms with Crippen molar-refractivity contribution in [2.24, 2.45) is 5.92 Å². The van der Waals surface area contributed by atoms with Gasteiger partial charge >= 0.3 is 0 Å². The second-order valence-electron chi connectivity index (χ2n) is 10.8. The number of nitrogens with zero attached hydrogens (tertiary/aromatic N) is 1. The first-order valence-electron chi connectivity index (χ1n) is 14.2. The van der Waals surface area contributed by atoms with E-state index in [1.165, 1.54) is 0 Å². The van der Waals surface area contributed by atoms with Crippen LogP contribution in [0.3, 0.4) is 0 Å². The average Bonchev–Trinajstić information content (AvgIpc) is 2.95. The molecule has 2 aromatic carbocycles. The molecule has 0 unspecified atom stereocenters. The van der Waals surface area contributed by atoms with Crippen molar-refractivity contribution in [3.8, 4) is 0 Å². The second kappa shape index (κ2) is 16.5. The molecule has 41 heavy (non-hydrogen) atoms. The highest BCUT2D eigenvalue weighted by molar-refractivity contribution is 5.93. The summed E-state index contributed by atoms with van der Waals surface area (Å²) in [6.07, 6.45) is 1.21. The van der Waals surface area contributed by atoms with E-state index in [4.69, 9.17) is 4.74 Å². The third kappa shape index (κ3) is 11.3. The number of carboxylic acid groups (broad SMARTS) is 1. The standard InChI is InChI=1S/C31H42N4O6/c1-22(2)19-26(30(38)34-27(31(39)40)20-24-11-7-4-8-12-24)33-29(37)25(14-13-23-9-5-3-6-10-23)32-28(36)21-35-15-17-41-18-16-35/h3-12,22,25-27H,13-21H2,1-2H3,(H,32,36)(H,33,37)(H,34,38)(H,39,40)/p-1/t25-,26-,27-/m0/s1. The van der Waals surface area contributed by atoms with Crippen LogP contribution in [0.4, 0.5) is 0 Å². The van der Waals surface area contributed by atoms with Crippen molar-refractivity contribution >= 4 is 23.7 Å². The molecule has 1 saturated heterocycles. The molecule has 3 amide bonds. The molecule has 2 aromatic rings. The highest BCUT2D eigenvalue weighted by Crippen LogP contribution is 2.10. The number of benzene rings is 2. The van der Waals surface area contributed by atoms with Gasteiger partial charge in [-0.05, 0) is 42.7 Å². The van der Waals surface area contributed by atoms with E-state index >= 15 is 0 Å². The van der Waals surface area contributed by atoms with Crippen molar-refractivity contribution in [1.82, 2.24) is 20.9 Å². The van der Waals surface area contributed by atoms with Gasteiger partial charge in [-0.2, -0.15) is 0 Å². The van der Waals surface area contributed by atoms with Gasteiger partial charge in [0, 0.05) is 13.1 Å². The Morgan fingerprint density at radius 2 is 1.37 bits per heavy atom. The van der Waals surface area contributed by atoms with Crippen LogP contribution in [0.5, 0.6) is 0 Å². The molecular formula is C31H41N4O6-. The number of carboxylic acids is 1. The van der Waals surface area contributed by atoms with Gasteiger partial charge in [0.25, 0.3) is 0 Å². The van der Waals surface area contributed by atoms with Gasteiger partial charge in [-0.3, -0.25) is 19.3 Å². The molecule has 0 bridgehead atoms. The van der Waals surface area contributed by atoms with E-state index in [2.05, 4.69) is 16.0 Å². The van der Waals surface area contributed by atoms with Crippen LogP contribution in [0.2, 0.25) is 0 Å². The molecule has 10 nitrogen and oxygen atoms in total. The number of carbonyl (C=O) groups excluding carboxylic acids is 4. The number of aryl methyl sites for hydroxylation is 1. The largest absolute Gasteiger partial charge is 0.548 e. The minimum Gasteiger partial charge on any atom is -0.548 e. The SMILES string of the molecule is CC(C)C[C@H](NC(=O)[C@H](CCc1ccccc1)NC(=O)CN1CCOCC1)C(=O)N[C@@H](Cc1ccccc1)C(=O)[O-]. The molecule has 1 fully saturated rings. The number of hydrogen-bond acceptors (Lipinski definition) is 7. The lowest BCUT2D eigenvalue weighted by Gasteiger charge is -2.28. The van der Waals surface area contributed by atoms with Crippen LogP contribution in [0.15, 0.2) is 60.7 Å². The van der Waals surface area contributed by atoms with E-state index in [0.717, 1.165) is 11.1 Å². The zero-order chi connectivity index (χ0) is 29.6. The van der Waals surface area contributed by atoms with E-state index < -0.39 is 35.9 Å². The Morgan fingerprint density at radius 3 is 1.95 bits per heavy atom. The van der Waals surface area contributed by atoms with Crippen LogP contribution in [0.1, 0.15) is 37.8 Å². The minimum atomic E-state index is -1.41. The number of hydrogen-bond donors (Lipinski definition) is 3. The van der Waals surface area contributed by atoms with Crippen molar-refractivity contribution in [2.45, 2.75) is 57.7 Å². The first-order chi connectivity index (χ1) is 19.7. The highest BCUT2D eigenvalue weighted by Gasteiger charge is 2.29. The maximum absolute atomic E-state index is 13.5. The van der Waals surface area contributed by atoms with Crippen molar-refractivity contribution in [2.75, 3.05) is 32.8 Å². The number of carbonyl (C=O) groups is 4. The van der Waals surface area contributed by atoms with Gasteiger partial charge in [-0.25, -0.2) is 0 Å². The Kier molecular flexibility index (Phi) is 12.8. The number of rotatable bonds is 15. The molecule has 0 radical (unpaired) electrons. The maximum atomic E-state index is 13.5. The smallest absolute Gasteiger partial charge is 0.243 e. The summed E-state index contributed by atoms with van der Waals surface area (Å²) < 4.78 is 5.35. The predicted octanol–water partition coefficient (Wildman–Crippen LogP) is 0.445. The summed E-state index contributed by atoms with van der Waals surface area (Å²) in [5.74, 6) is -2.78. The number of amides is 3. The molecule has 0 spiro atoms. The third-order valence-electron chi connectivity index (χ3n) is 6.91. The third-order valence-corrected chi connectivity index (χ3v) is 6.91. The van der Waals surface area contributed by atoms with E-state index in [0.29, 0.717) is 39.1 Å². The van der Waals surface area contributed by atoms with Gasteiger partial charge in [0.1, 0.15) is 12.1 Å². The summed E-state index contributed by atoms with van der Waals surface area (Å²) in [6.45, 7) is 6.32. The summed E-state index contributed by atoms with van der Waals surface area (Å²) >= 11 is 0. The highest BCUT2D eigenvalue weighted by atomic mass is 16.5. The van der Waals surface area contributed by atoms with Gasteiger partial charge in [-0.1, -0.05) is 74.5 Å². The van der Waals surface area contributed by atoms with Crippen molar-refractivity contribution in [1.29, 1.82) is 0 Å². The molecule has 1 heterocycles. The molecule has 1 aliphatic heterocycles. The van der Waals surface area contributed by atoms with Crippen LogP contribution in [0, 0.1) is 5.92 Å². The Hall–Kier alpha value is -3.76. The monoisotopic (exact) mass is 565 g/mol. The normalized spacial score (nSPS) is 15.9. The average molecular weight is 566 g/mol.